The summed E-state index contributed by atoms with van der Waals surface area (Å²) in [6.45, 7) is 0.675. The van der Waals surface area contributed by atoms with E-state index in [9.17, 15) is 4.79 Å². The molecule has 2 rings (SSSR count). The normalized spacial score (nSPS) is 10.6. The first-order valence-electron chi connectivity index (χ1n) is 5.27. The summed E-state index contributed by atoms with van der Waals surface area (Å²) < 4.78 is 1.33. The number of aliphatic carboxylic acids is 1. The van der Waals surface area contributed by atoms with Crippen molar-refractivity contribution >= 4 is 17.4 Å². The summed E-state index contributed by atoms with van der Waals surface area (Å²) in [7, 11) is 0. The predicted molar refractivity (Wildman–Crippen MR) is 58.6 cm³/mol. The molecule has 0 bridgehead atoms. The Balaban J connectivity index is 1.80. The quantitative estimate of drug-likeness (QED) is 0.689. The number of tetrazole rings is 1. The second-order valence-corrected chi connectivity index (χ2v) is 3.52. The number of unbranched alkanes of at least 4 members (excludes halogenated alkanes) is 1. The number of nitrogens with one attached hydrogen (secondary N) is 1. The molecule has 17 heavy (non-hydrogen) atoms. The van der Waals surface area contributed by atoms with E-state index in [-0.39, 0.29) is 6.42 Å². The van der Waals surface area contributed by atoms with Crippen molar-refractivity contribution in [2.24, 2.45) is 0 Å². The number of fused-ring (bicyclic) bond motifs is 1. The molecule has 0 aliphatic rings. The molecule has 0 aliphatic carbocycles. The van der Waals surface area contributed by atoms with Gasteiger partial charge in [-0.15, -0.1) is 14.8 Å². The van der Waals surface area contributed by atoms with Crippen molar-refractivity contribution in [1.82, 2.24) is 25.3 Å². The molecule has 2 aromatic rings. The summed E-state index contributed by atoms with van der Waals surface area (Å²) in [6.07, 6.45) is 1.62. The molecule has 0 saturated heterocycles. The van der Waals surface area contributed by atoms with Crippen molar-refractivity contribution in [2.75, 3.05) is 11.9 Å². The highest BCUT2D eigenvalue weighted by Crippen LogP contribution is 2.04. The minimum atomic E-state index is -0.766. The number of carbonyl (C=O) groups is 1. The van der Waals surface area contributed by atoms with E-state index in [1.807, 2.05) is 0 Å². The molecule has 2 heterocycles. The van der Waals surface area contributed by atoms with Crippen molar-refractivity contribution in [1.29, 1.82) is 0 Å². The van der Waals surface area contributed by atoms with Crippen molar-refractivity contribution in [3.63, 3.8) is 0 Å². The summed E-state index contributed by atoms with van der Waals surface area (Å²) in [5, 5.41) is 26.6. The summed E-state index contributed by atoms with van der Waals surface area (Å²) in [4.78, 5) is 10.3. The van der Waals surface area contributed by atoms with Gasteiger partial charge in [-0.1, -0.05) is 0 Å². The molecule has 0 fully saturated rings. The van der Waals surface area contributed by atoms with E-state index in [0.717, 1.165) is 6.42 Å². The van der Waals surface area contributed by atoms with Gasteiger partial charge in [0.2, 0.25) is 0 Å². The van der Waals surface area contributed by atoms with E-state index in [1.165, 1.54) is 4.63 Å². The molecule has 0 atom stereocenters. The van der Waals surface area contributed by atoms with Crippen molar-refractivity contribution in [3.05, 3.63) is 12.1 Å². The lowest BCUT2D eigenvalue weighted by Gasteiger charge is -2.03. The number of aromatic nitrogens is 5. The van der Waals surface area contributed by atoms with Crippen LogP contribution in [0, 0.1) is 0 Å². The molecule has 0 amide bonds. The molecule has 0 spiro atoms. The highest BCUT2D eigenvalue weighted by molar-refractivity contribution is 5.66. The van der Waals surface area contributed by atoms with Crippen LogP contribution in [-0.2, 0) is 4.79 Å². The van der Waals surface area contributed by atoms with Gasteiger partial charge in [-0.25, -0.2) is 0 Å². The smallest absolute Gasteiger partial charge is 0.303 e. The Morgan fingerprint density at radius 3 is 3.12 bits per heavy atom. The largest absolute Gasteiger partial charge is 0.481 e. The van der Waals surface area contributed by atoms with Crippen LogP contribution < -0.4 is 5.32 Å². The van der Waals surface area contributed by atoms with Crippen LogP contribution in [0.2, 0.25) is 0 Å². The van der Waals surface area contributed by atoms with Crippen molar-refractivity contribution in [2.45, 2.75) is 19.3 Å². The van der Waals surface area contributed by atoms with E-state index in [0.29, 0.717) is 24.4 Å². The Morgan fingerprint density at radius 2 is 2.29 bits per heavy atom. The molecule has 0 unspecified atom stereocenters. The third-order valence-corrected chi connectivity index (χ3v) is 2.19. The lowest BCUT2D eigenvalue weighted by molar-refractivity contribution is -0.137. The maximum atomic E-state index is 10.3. The molecule has 8 heteroatoms. The Labute approximate surface area is 96.6 Å². The maximum absolute atomic E-state index is 10.3. The van der Waals surface area contributed by atoms with Crippen LogP contribution in [0.5, 0.6) is 0 Å². The Bertz CT molecular complexity index is 511. The van der Waals surface area contributed by atoms with Crippen LogP contribution in [0.3, 0.4) is 0 Å². The number of rotatable bonds is 6. The minimum Gasteiger partial charge on any atom is -0.481 e. The molecule has 0 radical (unpaired) electrons. The zero-order valence-corrected chi connectivity index (χ0v) is 9.07. The predicted octanol–water partition coefficient (Wildman–Crippen LogP) is 0.186. The van der Waals surface area contributed by atoms with Gasteiger partial charge in [0.15, 0.2) is 5.65 Å². The highest BCUT2D eigenvalue weighted by Gasteiger charge is 2.00. The van der Waals surface area contributed by atoms with Crippen molar-refractivity contribution in [3.8, 4) is 0 Å². The first-order valence-corrected chi connectivity index (χ1v) is 5.27. The molecule has 2 N–H and O–H groups in total. The number of carboxylic acids is 1. The molecule has 0 aliphatic heterocycles. The minimum absolute atomic E-state index is 0.196. The van der Waals surface area contributed by atoms with Crippen LogP contribution in [0.25, 0.3) is 5.65 Å². The summed E-state index contributed by atoms with van der Waals surface area (Å²) in [6, 6.07) is 3.54. The lowest BCUT2D eigenvalue weighted by Crippen LogP contribution is -2.07. The molecular formula is C9H12N6O2. The molecule has 0 aromatic carbocycles. The molecule has 90 valence electrons. The third-order valence-electron chi connectivity index (χ3n) is 2.19. The fourth-order valence-corrected chi connectivity index (χ4v) is 1.36. The van der Waals surface area contributed by atoms with Crippen LogP contribution in [0.15, 0.2) is 12.1 Å². The molecule has 8 nitrogen and oxygen atoms in total. The molecule has 0 saturated carbocycles. The Kier molecular flexibility index (Phi) is 3.43. The standard InChI is InChI=1S/C9H12N6O2/c16-9(17)3-1-2-6-10-7-4-5-8-11-13-14-15(8)12-7/h4-5H,1-3,6H2,(H,10,12)(H,16,17). The van der Waals surface area contributed by atoms with Crippen LogP contribution in [0.4, 0.5) is 5.82 Å². The van der Waals surface area contributed by atoms with E-state index in [2.05, 4.69) is 25.9 Å². The number of carboxylic acid groups (broad SMARTS) is 1. The van der Waals surface area contributed by atoms with Gasteiger partial charge < -0.3 is 10.4 Å². The van der Waals surface area contributed by atoms with E-state index in [4.69, 9.17) is 5.11 Å². The highest BCUT2D eigenvalue weighted by atomic mass is 16.4. The Hall–Kier alpha value is -2.25. The lowest BCUT2D eigenvalue weighted by atomic mass is 10.2. The van der Waals surface area contributed by atoms with Gasteiger partial charge in [-0.3, -0.25) is 4.79 Å². The zero-order valence-electron chi connectivity index (χ0n) is 9.07. The van der Waals surface area contributed by atoms with Gasteiger partial charge in [0, 0.05) is 13.0 Å². The van der Waals surface area contributed by atoms with Gasteiger partial charge in [-0.2, -0.15) is 0 Å². The SMILES string of the molecule is O=C(O)CCCCNc1ccc2nnnn2n1. The fraction of sp³-hybridized carbons (Fsp3) is 0.444. The first-order chi connectivity index (χ1) is 8.25. The molecular weight excluding hydrogens is 224 g/mol. The fourth-order valence-electron chi connectivity index (χ4n) is 1.36. The first kappa shape index (κ1) is 11.2. The number of hydrogen-bond donors (Lipinski definition) is 2. The van der Waals surface area contributed by atoms with Crippen molar-refractivity contribution < 1.29 is 9.90 Å². The summed E-state index contributed by atoms with van der Waals surface area (Å²) in [5.41, 5.74) is 0.585. The monoisotopic (exact) mass is 236 g/mol. The van der Waals surface area contributed by atoms with E-state index in [1.54, 1.807) is 12.1 Å². The van der Waals surface area contributed by atoms with Crippen LogP contribution >= 0.6 is 0 Å². The van der Waals surface area contributed by atoms with Crippen LogP contribution in [0.1, 0.15) is 19.3 Å². The van der Waals surface area contributed by atoms with Gasteiger partial charge in [0.1, 0.15) is 5.82 Å². The third kappa shape index (κ3) is 3.10. The average Bonchev–Trinajstić information content (AvgIpc) is 2.75. The number of hydrogen-bond acceptors (Lipinski definition) is 6. The zero-order chi connectivity index (χ0) is 12.1. The van der Waals surface area contributed by atoms with E-state index >= 15 is 0 Å². The Morgan fingerprint density at radius 1 is 1.41 bits per heavy atom. The van der Waals surface area contributed by atoms with Gasteiger partial charge in [-0.05, 0) is 35.4 Å². The second kappa shape index (κ2) is 5.19. The second-order valence-electron chi connectivity index (χ2n) is 3.52. The average molecular weight is 236 g/mol. The maximum Gasteiger partial charge on any atom is 0.303 e. The number of nitrogens with zero attached hydrogens (tertiary/aromatic N) is 5. The van der Waals surface area contributed by atoms with Gasteiger partial charge in [0.25, 0.3) is 0 Å². The summed E-state index contributed by atoms with van der Waals surface area (Å²) in [5.74, 6) is -0.0987. The summed E-state index contributed by atoms with van der Waals surface area (Å²) >= 11 is 0. The van der Waals surface area contributed by atoms with Gasteiger partial charge in [0.05, 0.1) is 0 Å². The van der Waals surface area contributed by atoms with E-state index < -0.39 is 5.97 Å². The van der Waals surface area contributed by atoms with Crippen LogP contribution in [-0.4, -0.2) is 42.9 Å². The molecule has 2 aromatic heterocycles. The van der Waals surface area contributed by atoms with Gasteiger partial charge >= 0.3 is 5.97 Å². The topological polar surface area (TPSA) is 105 Å². The number of anilines is 1.